The van der Waals surface area contributed by atoms with Crippen LogP contribution >= 0.6 is 11.6 Å². The van der Waals surface area contributed by atoms with Crippen molar-refractivity contribution in [3.63, 3.8) is 0 Å². The number of methoxy groups -OCH3 is 1. The Hall–Kier alpha value is -4.89. The average Bonchev–Trinajstić information content (AvgIpc) is 2.96. The summed E-state index contributed by atoms with van der Waals surface area (Å²) in [6.45, 7) is -0.189. The van der Waals surface area contributed by atoms with Crippen LogP contribution in [0.5, 0.6) is 23.0 Å². The van der Waals surface area contributed by atoms with E-state index in [-0.39, 0.29) is 39.9 Å². The Balaban J connectivity index is 1.30. The number of benzene rings is 4. The zero-order chi connectivity index (χ0) is 27.8. The van der Waals surface area contributed by atoms with Crippen molar-refractivity contribution in [3.05, 3.63) is 123 Å². The normalized spacial score (nSPS) is 10.4. The third-order valence-corrected chi connectivity index (χ3v) is 5.82. The van der Waals surface area contributed by atoms with Crippen LogP contribution in [0.4, 0.5) is 5.69 Å². The highest BCUT2D eigenvalue weighted by molar-refractivity contribution is 6.32. The zero-order valence-electron chi connectivity index (χ0n) is 20.7. The van der Waals surface area contributed by atoms with Gasteiger partial charge < -0.3 is 18.9 Å². The van der Waals surface area contributed by atoms with Gasteiger partial charge in [-0.1, -0.05) is 41.9 Å². The van der Waals surface area contributed by atoms with E-state index in [0.717, 1.165) is 5.56 Å². The van der Waals surface area contributed by atoms with Crippen LogP contribution in [0.15, 0.2) is 91.0 Å². The topological polar surface area (TPSA) is 114 Å². The molecule has 4 rings (SSSR count). The quantitative estimate of drug-likeness (QED) is 0.0885. The predicted octanol–water partition coefficient (Wildman–Crippen LogP) is 6.67. The highest BCUT2D eigenvalue weighted by atomic mass is 35.5. The molecule has 9 nitrogen and oxygen atoms in total. The number of rotatable bonds is 11. The van der Waals surface area contributed by atoms with Crippen LogP contribution in [0.2, 0.25) is 5.02 Å². The highest BCUT2D eigenvalue weighted by Crippen LogP contribution is 2.37. The first-order chi connectivity index (χ1) is 18.9. The van der Waals surface area contributed by atoms with Gasteiger partial charge in [0.25, 0.3) is 0 Å². The van der Waals surface area contributed by atoms with E-state index in [0.29, 0.717) is 11.5 Å². The number of halogens is 1. The van der Waals surface area contributed by atoms with Gasteiger partial charge in [-0.05, 0) is 60.2 Å². The summed E-state index contributed by atoms with van der Waals surface area (Å²) in [5, 5.41) is 11.3. The van der Waals surface area contributed by atoms with E-state index in [1.165, 1.54) is 42.5 Å². The van der Waals surface area contributed by atoms with Gasteiger partial charge in [-0.2, -0.15) is 0 Å². The van der Waals surface area contributed by atoms with Gasteiger partial charge in [0.15, 0.2) is 23.9 Å². The van der Waals surface area contributed by atoms with Crippen LogP contribution in [-0.4, -0.2) is 30.4 Å². The lowest BCUT2D eigenvalue weighted by molar-refractivity contribution is -0.385. The Morgan fingerprint density at radius 3 is 2.18 bits per heavy atom. The first-order valence-corrected chi connectivity index (χ1v) is 12.0. The van der Waals surface area contributed by atoms with E-state index in [4.69, 9.17) is 30.5 Å². The molecule has 4 aromatic carbocycles. The van der Waals surface area contributed by atoms with E-state index in [1.807, 2.05) is 12.1 Å². The van der Waals surface area contributed by atoms with Crippen molar-refractivity contribution in [2.24, 2.45) is 0 Å². The molecule has 0 radical (unpaired) electrons. The number of hydrogen-bond donors (Lipinski definition) is 0. The fraction of sp³-hybridized carbons (Fsp3) is 0.103. The third kappa shape index (κ3) is 6.91. The van der Waals surface area contributed by atoms with Gasteiger partial charge in [-0.3, -0.25) is 14.9 Å². The lowest BCUT2D eigenvalue weighted by Gasteiger charge is -2.10. The number of Topliss-reactive ketones (excluding diaryl/α,β-unsaturated/α-hetero) is 1. The Morgan fingerprint density at radius 1 is 0.846 bits per heavy atom. The molecule has 0 aromatic heterocycles. The summed E-state index contributed by atoms with van der Waals surface area (Å²) in [6, 6.07) is 24.0. The van der Waals surface area contributed by atoms with Crippen LogP contribution in [0.3, 0.4) is 0 Å². The number of para-hydroxylation sites is 3. The number of hydrogen-bond acceptors (Lipinski definition) is 8. The van der Waals surface area contributed by atoms with E-state index in [2.05, 4.69) is 0 Å². The predicted molar refractivity (Wildman–Crippen MR) is 143 cm³/mol. The van der Waals surface area contributed by atoms with Gasteiger partial charge >= 0.3 is 11.7 Å². The van der Waals surface area contributed by atoms with Crippen molar-refractivity contribution in [2.45, 2.75) is 6.61 Å². The molecular weight excluding hydrogens is 526 g/mol. The number of esters is 1. The summed E-state index contributed by atoms with van der Waals surface area (Å²) in [4.78, 5) is 35.6. The van der Waals surface area contributed by atoms with Gasteiger partial charge in [0.1, 0.15) is 12.4 Å². The van der Waals surface area contributed by atoms with Gasteiger partial charge in [-0.25, -0.2) is 4.79 Å². The molecular formula is C29H22ClNO8. The molecule has 0 spiro atoms. The van der Waals surface area contributed by atoms with E-state index in [9.17, 15) is 19.7 Å². The number of ether oxygens (including phenoxy) is 4. The molecule has 0 atom stereocenters. The molecule has 0 aliphatic rings. The molecule has 198 valence electrons. The molecule has 0 fully saturated rings. The Labute approximate surface area is 228 Å². The molecule has 0 heterocycles. The van der Waals surface area contributed by atoms with Crippen LogP contribution in [0, 0.1) is 10.1 Å². The number of carbonyl (C=O) groups is 2. The van der Waals surface area contributed by atoms with Gasteiger partial charge in [0.05, 0.1) is 22.6 Å². The van der Waals surface area contributed by atoms with E-state index in [1.54, 1.807) is 43.5 Å². The van der Waals surface area contributed by atoms with Crippen molar-refractivity contribution in [1.29, 1.82) is 0 Å². The maximum atomic E-state index is 12.5. The molecule has 0 amide bonds. The van der Waals surface area contributed by atoms with Gasteiger partial charge in [-0.15, -0.1) is 0 Å². The highest BCUT2D eigenvalue weighted by Gasteiger charge is 2.19. The molecule has 0 aliphatic heterocycles. The second kappa shape index (κ2) is 12.6. The van der Waals surface area contributed by atoms with Crippen LogP contribution in [0.1, 0.15) is 26.3 Å². The second-order valence-electron chi connectivity index (χ2n) is 8.11. The van der Waals surface area contributed by atoms with E-state index >= 15 is 0 Å². The van der Waals surface area contributed by atoms with Crippen LogP contribution in [0.25, 0.3) is 0 Å². The minimum Gasteiger partial charge on any atom is -0.493 e. The molecule has 39 heavy (non-hydrogen) atoms. The lowest BCUT2D eigenvalue weighted by Crippen LogP contribution is -2.14. The summed E-state index contributed by atoms with van der Waals surface area (Å²) in [7, 11) is 1.56. The lowest BCUT2D eigenvalue weighted by atomic mass is 10.1. The van der Waals surface area contributed by atoms with Crippen molar-refractivity contribution < 1.29 is 33.5 Å². The standard InChI is InChI=1S/C29H22ClNO8/c1-36-26-7-2-3-8-27(26)37-17-19-9-11-21(12-10-19)29(33)38-18-25(32)20-13-15-22(16-14-20)39-28-23(30)5-4-6-24(28)31(34)35/h2-16H,17-18H2,1H3. The first-order valence-electron chi connectivity index (χ1n) is 11.6. The third-order valence-electron chi connectivity index (χ3n) is 5.53. The average molecular weight is 548 g/mol. The fourth-order valence-electron chi connectivity index (χ4n) is 3.50. The summed E-state index contributed by atoms with van der Waals surface area (Å²) < 4.78 is 21.8. The summed E-state index contributed by atoms with van der Waals surface area (Å²) in [5.74, 6) is 0.289. The zero-order valence-corrected chi connectivity index (χ0v) is 21.4. The van der Waals surface area contributed by atoms with Gasteiger partial charge in [0, 0.05) is 11.6 Å². The maximum Gasteiger partial charge on any atom is 0.338 e. The Bertz CT molecular complexity index is 1490. The molecule has 0 saturated carbocycles. The minimum atomic E-state index is -0.647. The molecule has 0 aliphatic carbocycles. The van der Waals surface area contributed by atoms with Crippen molar-refractivity contribution in [2.75, 3.05) is 13.7 Å². The van der Waals surface area contributed by atoms with Crippen LogP contribution in [-0.2, 0) is 11.3 Å². The number of ketones is 1. The number of nitro groups is 1. The van der Waals surface area contributed by atoms with Crippen molar-refractivity contribution in [1.82, 2.24) is 0 Å². The molecule has 10 heteroatoms. The van der Waals surface area contributed by atoms with Gasteiger partial charge in [0.2, 0.25) is 5.75 Å². The smallest absolute Gasteiger partial charge is 0.338 e. The van der Waals surface area contributed by atoms with Crippen molar-refractivity contribution in [3.8, 4) is 23.0 Å². The number of carbonyl (C=O) groups excluding carboxylic acids is 2. The molecule has 0 N–H and O–H groups in total. The molecule has 4 aromatic rings. The first kappa shape index (κ1) is 27.2. The molecule has 0 saturated heterocycles. The number of nitro benzene ring substituents is 1. The summed E-state index contributed by atoms with van der Waals surface area (Å²) in [6.07, 6.45) is 0. The number of nitrogens with zero attached hydrogens (tertiary/aromatic N) is 1. The van der Waals surface area contributed by atoms with Crippen LogP contribution < -0.4 is 14.2 Å². The second-order valence-corrected chi connectivity index (χ2v) is 8.51. The Morgan fingerprint density at radius 2 is 1.51 bits per heavy atom. The summed E-state index contributed by atoms with van der Waals surface area (Å²) in [5.41, 5.74) is 1.10. The fourth-order valence-corrected chi connectivity index (χ4v) is 3.71. The monoisotopic (exact) mass is 547 g/mol. The largest absolute Gasteiger partial charge is 0.493 e. The minimum absolute atomic E-state index is 0.0771. The van der Waals surface area contributed by atoms with E-state index < -0.39 is 23.3 Å². The summed E-state index contributed by atoms with van der Waals surface area (Å²) >= 11 is 6.04. The van der Waals surface area contributed by atoms with Crippen molar-refractivity contribution >= 4 is 29.0 Å². The maximum absolute atomic E-state index is 12.5. The Kier molecular flexibility index (Phi) is 8.75. The molecule has 0 bridgehead atoms. The SMILES string of the molecule is COc1ccccc1OCc1ccc(C(=O)OCC(=O)c2ccc(Oc3c(Cl)cccc3[N+](=O)[O-])cc2)cc1. The molecule has 0 unspecified atom stereocenters.